The van der Waals surface area contributed by atoms with Gasteiger partial charge in [-0.25, -0.2) is 4.79 Å². The van der Waals surface area contributed by atoms with Gasteiger partial charge in [0.1, 0.15) is 11.5 Å². The van der Waals surface area contributed by atoms with Crippen LogP contribution in [0.1, 0.15) is 65.6 Å². The summed E-state index contributed by atoms with van der Waals surface area (Å²) in [6.07, 6.45) is 6.10. The van der Waals surface area contributed by atoms with Crippen LogP contribution in [0.2, 0.25) is 0 Å². The number of hydrogen-bond donors (Lipinski definition) is 1. The van der Waals surface area contributed by atoms with E-state index < -0.39 is 0 Å². The summed E-state index contributed by atoms with van der Waals surface area (Å²) in [6.45, 7) is 2.39. The van der Waals surface area contributed by atoms with Gasteiger partial charge >= 0.3 is 5.97 Å². The van der Waals surface area contributed by atoms with Crippen LogP contribution in [-0.4, -0.2) is 58.2 Å². The SMILES string of the molecule is COC(=O)c1cc(COC2CCCCO2)cc(OC)c1.COc1cc(CO)cc(COC2CCCCO2)c1. The van der Waals surface area contributed by atoms with Crippen LogP contribution in [-0.2, 0) is 43.5 Å². The van der Waals surface area contributed by atoms with Gasteiger partial charge in [-0.1, -0.05) is 6.07 Å². The minimum absolute atomic E-state index is 0.00410. The Kier molecular flexibility index (Phi) is 12.8. The van der Waals surface area contributed by atoms with E-state index >= 15 is 0 Å². The Bertz CT molecular complexity index is 960. The molecule has 2 fully saturated rings. The van der Waals surface area contributed by atoms with E-state index in [0.717, 1.165) is 74.2 Å². The fourth-order valence-corrected chi connectivity index (χ4v) is 4.18. The predicted molar refractivity (Wildman–Crippen MR) is 140 cm³/mol. The molecule has 0 bridgehead atoms. The Balaban J connectivity index is 0.000000212. The molecule has 2 saturated heterocycles. The van der Waals surface area contributed by atoms with Gasteiger partial charge in [-0.3, -0.25) is 0 Å². The van der Waals surface area contributed by atoms with Crippen molar-refractivity contribution in [3.63, 3.8) is 0 Å². The molecular formula is C29H40O9. The van der Waals surface area contributed by atoms with Crippen molar-refractivity contribution in [2.75, 3.05) is 34.5 Å². The van der Waals surface area contributed by atoms with Crippen molar-refractivity contribution in [3.8, 4) is 11.5 Å². The molecule has 2 atom stereocenters. The summed E-state index contributed by atoms with van der Waals surface area (Å²) in [5.74, 6) is 0.958. The minimum atomic E-state index is -0.390. The maximum atomic E-state index is 11.6. The number of hydrogen-bond acceptors (Lipinski definition) is 9. The first-order valence-corrected chi connectivity index (χ1v) is 13.0. The second-order valence-corrected chi connectivity index (χ2v) is 9.12. The molecule has 1 N–H and O–H groups in total. The summed E-state index contributed by atoms with van der Waals surface area (Å²) in [5, 5.41) is 9.18. The molecule has 2 heterocycles. The first-order chi connectivity index (χ1) is 18.5. The number of ether oxygens (including phenoxy) is 7. The number of benzene rings is 2. The van der Waals surface area contributed by atoms with E-state index in [4.69, 9.17) is 33.2 Å². The first kappa shape index (κ1) is 29.9. The fourth-order valence-electron chi connectivity index (χ4n) is 4.18. The van der Waals surface area contributed by atoms with E-state index in [0.29, 0.717) is 24.5 Å². The molecule has 2 aliphatic rings. The molecular weight excluding hydrogens is 492 g/mol. The highest BCUT2D eigenvalue weighted by atomic mass is 16.7. The summed E-state index contributed by atoms with van der Waals surface area (Å²) < 4.78 is 37.5. The number of esters is 1. The lowest BCUT2D eigenvalue weighted by Gasteiger charge is -2.22. The molecule has 0 saturated carbocycles. The van der Waals surface area contributed by atoms with Crippen molar-refractivity contribution in [2.45, 2.75) is 70.9 Å². The lowest BCUT2D eigenvalue weighted by molar-refractivity contribution is -0.169. The monoisotopic (exact) mass is 532 g/mol. The Morgan fingerprint density at radius 1 is 0.763 bits per heavy atom. The summed E-state index contributed by atoms with van der Waals surface area (Å²) in [6, 6.07) is 10.9. The average Bonchev–Trinajstić information content (AvgIpc) is 2.99. The zero-order valence-corrected chi connectivity index (χ0v) is 22.6. The van der Waals surface area contributed by atoms with Crippen LogP contribution >= 0.6 is 0 Å². The number of methoxy groups -OCH3 is 3. The van der Waals surface area contributed by atoms with Crippen LogP contribution in [0.25, 0.3) is 0 Å². The Morgan fingerprint density at radius 2 is 1.29 bits per heavy atom. The quantitative estimate of drug-likeness (QED) is 0.434. The largest absolute Gasteiger partial charge is 0.497 e. The highest BCUT2D eigenvalue weighted by Gasteiger charge is 2.16. The van der Waals surface area contributed by atoms with E-state index in [-0.39, 0.29) is 25.2 Å². The van der Waals surface area contributed by atoms with E-state index in [9.17, 15) is 9.90 Å². The van der Waals surface area contributed by atoms with Crippen molar-refractivity contribution in [2.24, 2.45) is 0 Å². The third-order valence-electron chi connectivity index (χ3n) is 6.22. The van der Waals surface area contributed by atoms with Crippen LogP contribution in [0.15, 0.2) is 36.4 Å². The van der Waals surface area contributed by atoms with E-state index in [1.165, 1.54) is 7.11 Å². The molecule has 2 aromatic carbocycles. The van der Waals surface area contributed by atoms with Crippen molar-refractivity contribution in [1.29, 1.82) is 0 Å². The third kappa shape index (κ3) is 9.89. The molecule has 0 amide bonds. The maximum Gasteiger partial charge on any atom is 0.337 e. The van der Waals surface area contributed by atoms with Crippen LogP contribution < -0.4 is 9.47 Å². The van der Waals surface area contributed by atoms with Crippen LogP contribution in [0.4, 0.5) is 0 Å². The second kappa shape index (κ2) is 16.3. The smallest absolute Gasteiger partial charge is 0.337 e. The second-order valence-electron chi connectivity index (χ2n) is 9.12. The van der Waals surface area contributed by atoms with Crippen molar-refractivity contribution >= 4 is 5.97 Å². The van der Waals surface area contributed by atoms with E-state index in [1.54, 1.807) is 26.4 Å². The molecule has 4 rings (SSSR count). The number of aliphatic hydroxyl groups is 1. The molecule has 0 aliphatic carbocycles. The molecule has 0 radical (unpaired) electrons. The number of rotatable bonds is 10. The van der Waals surface area contributed by atoms with Gasteiger partial charge in [0.15, 0.2) is 12.6 Å². The molecule has 0 spiro atoms. The molecule has 38 heavy (non-hydrogen) atoms. The van der Waals surface area contributed by atoms with Gasteiger partial charge in [0, 0.05) is 13.2 Å². The zero-order chi connectivity index (χ0) is 27.2. The summed E-state index contributed by atoms with van der Waals surface area (Å²) in [5.41, 5.74) is 3.14. The number of carbonyl (C=O) groups excluding carboxylic acids is 1. The first-order valence-electron chi connectivity index (χ1n) is 13.0. The van der Waals surface area contributed by atoms with Crippen molar-refractivity contribution in [3.05, 3.63) is 58.7 Å². The summed E-state index contributed by atoms with van der Waals surface area (Å²) >= 11 is 0. The minimum Gasteiger partial charge on any atom is -0.497 e. The van der Waals surface area contributed by atoms with Crippen LogP contribution in [0, 0.1) is 0 Å². The highest BCUT2D eigenvalue weighted by Crippen LogP contribution is 2.22. The van der Waals surface area contributed by atoms with Gasteiger partial charge in [0.25, 0.3) is 0 Å². The maximum absolute atomic E-state index is 11.6. The zero-order valence-electron chi connectivity index (χ0n) is 22.6. The van der Waals surface area contributed by atoms with E-state index in [1.807, 2.05) is 24.3 Å². The highest BCUT2D eigenvalue weighted by molar-refractivity contribution is 5.90. The molecule has 210 valence electrons. The normalized spacial score (nSPS) is 19.2. The predicted octanol–water partition coefficient (Wildman–Crippen LogP) is 4.76. The van der Waals surface area contributed by atoms with Crippen molar-refractivity contribution < 1.29 is 43.1 Å². The van der Waals surface area contributed by atoms with E-state index in [2.05, 4.69) is 0 Å². The average molecular weight is 533 g/mol. The lowest BCUT2D eigenvalue weighted by Crippen LogP contribution is -2.22. The molecule has 2 aliphatic heterocycles. The Morgan fingerprint density at radius 3 is 1.76 bits per heavy atom. The van der Waals surface area contributed by atoms with Gasteiger partial charge in [0.2, 0.25) is 0 Å². The third-order valence-corrected chi connectivity index (χ3v) is 6.22. The molecule has 9 heteroatoms. The number of aliphatic hydroxyl groups excluding tert-OH is 1. The molecule has 0 aromatic heterocycles. The summed E-state index contributed by atoms with van der Waals surface area (Å²) in [7, 11) is 4.53. The van der Waals surface area contributed by atoms with Crippen LogP contribution in [0.3, 0.4) is 0 Å². The molecule has 9 nitrogen and oxygen atoms in total. The number of carbonyl (C=O) groups is 1. The Labute approximate surface area is 224 Å². The fraction of sp³-hybridized carbons (Fsp3) is 0.552. The molecule has 2 aromatic rings. The standard InChI is InChI=1S/C15H20O5.C14H20O4/c1-17-13-8-11(7-12(9-13)15(16)18-2)10-20-14-5-3-4-6-19-14;1-16-13-7-11(9-15)6-12(8-13)10-18-14-4-2-3-5-17-14/h7-9,14H,3-6,10H2,1-2H3;6-8,14-15H,2-5,9-10H2,1H3. The van der Waals surface area contributed by atoms with Gasteiger partial charge in [-0.15, -0.1) is 0 Å². The molecule has 2 unspecified atom stereocenters. The topological polar surface area (TPSA) is 102 Å². The van der Waals surface area contributed by atoms with Gasteiger partial charge < -0.3 is 38.3 Å². The van der Waals surface area contributed by atoms with Crippen LogP contribution in [0.5, 0.6) is 11.5 Å². The van der Waals surface area contributed by atoms with Gasteiger partial charge in [0.05, 0.1) is 46.7 Å². The Hall–Kier alpha value is -2.69. The summed E-state index contributed by atoms with van der Waals surface area (Å²) in [4.78, 5) is 11.6. The van der Waals surface area contributed by atoms with Crippen molar-refractivity contribution in [1.82, 2.24) is 0 Å². The lowest BCUT2D eigenvalue weighted by atomic mass is 10.1. The van der Waals surface area contributed by atoms with Gasteiger partial charge in [-0.05, 0) is 85.5 Å². The van der Waals surface area contributed by atoms with Gasteiger partial charge in [-0.2, -0.15) is 0 Å².